The molecule has 1 rings (SSSR count). The van der Waals surface area contributed by atoms with Crippen molar-refractivity contribution in [3.8, 4) is 0 Å². The standard InChI is InChI=1S/C12H18O2/c1-3-12(13)10(2)14-9-11-7-5-4-6-8-11/h4-8,10,12-13H,3,9H2,1-2H3/t10-,12?/m0/s1. The molecule has 0 aliphatic rings. The van der Waals surface area contributed by atoms with E-state index < -0.39 is 0 Å². The fourth-order valence-corrected chi connectivity index (χ4v) is 1.24. The lowest BCUT2D eigenvalue weighted by atomic mass is 10.2. The summed E-state index contributed by atoms with van der Waals surface area (Å²) in [6.45, 7) is 4.42. The lowest BCUT2D eigenvalue weighted by Gasteiger charge is -2.17. The molecule has 1 unspecified atom stereocenters. The molecule has 1 aromatic rings. The first kappa shape index (κ1) is 11.2. The number of ether oxygens (including phenoxy) is 1. The van der Waals surface area contributed by atoms with Gasteiger partial charge in [0, 0.05) is 0 Å². The van der Waals surface area contributed by atoms with E-state index in [1.165, 1.54) is 0 Å². The average molecular weight is 194 g/mol. The van der Waals surface area contributed by atoms with E-state index in [-0.39, 0.29) is 12.2 Å². The molecule has 0 spiro atoms. The van der Waals surface area contributed by atoms with E-state index in [0.717, 1.165) is 12.0 Å². The summed E-state index contributed by atoms with van der Waals surface area (Å²) in [5.74, 6) is 0. The van der Waals surface area contributed by atoms with Gasteiger partial charge in [0.25, 0.3) is 0 Å². The van der Waals surface area contributed by atoms with Gasteiger partial charge in [-0.3, -0.25) is 0 Å². The first-order valence-corrected chi connectivity index (χ1v) is 5.07. The van der Waals surface area contributed by atoms with E-state index in [1.807, 2.05) is 44.2 Å². The number of benzene rings is 1. The molecule has 0 fully saturated rings. The Hall–Kier alpha value is -0.860. The van der Waals surface area contributed by atoms with Gasteiger partial charge in [-0.2, -0.15) is 0 Å². The van der Waals surface area contributed by atoms with Gasteiger partial charge in [0.15, 0.2) is 0 Å². The van der Waals surface area contributed by atoms with Crippen LogP contribution in [0, 0.1) is 0 Å². The Morgan fingerprint density at radius 3 is 2.50 bits per heavy atom. The second-order valence-electron chi connectivity index (χ2n) is 3.48. The number of aliphatic hydroxyl groups excluding tert-OH is 1. The van der Waals surface area contributed by atoms with Gasteiger partial charge in [0.2, 0.25) is 0 Å². The van der Waals surface area contributed by atoms with Crippen LogP contribution in [0.25, 0.3) is 0 Å². The maximum absolute atomic E-state index is 9.48. The molecule has 1 aromatic carbocycles. The van der Waals surface area contributed by atoms with E-state index in [4.69, 9.17) is 4.74 Å². The smallest absolute Gasteiger partial charge is 0.0810 e. The molecule has 0 bridgehead atoms. The molecule has 0 amide bonds. The minimum atomic E-state index is -0.362. The van der Waals surface area contributed by atoms with Gasteiger partial charge in [0.05, 0.1) is 18.8 Å². The van der Waals surface area contributed by atoms with Crippen LogP contribution >= 0.6 is 0 Å². The number of hydrogen-bond donors (Lipinski definition) is 1. The second kappa shape index (κ2) is 5.78. The molecular formula is C12H18O2. The van der Waals surface area contributed by atoms with Crippen LogP contribution in [0.1, 0.15) is 25.8 Å². The molecule has 78 valence electrons. The summed E-state index contributed by atoms with van der Waals surface area (Å²) in [6.07, 6.45) is 0.273. The molecule has 2 heteroatoms. The normalized spacial score (nSPS) is 15.1. The summed E-state index contributed by atoms with van der Waals surface area (Å²) in [6, 6.07) is 9.99. The van der Waals surface area contributed by atoms with Gasteiger partial charge in [-0.25, -0.2) is 0 Å². The van der Waals surface area contributed by atoms with E-state index in [9.17, 15) is 5.11 Å². The molecule has 2 atom stereocenters. The van der Waals surface area contributed by atoms with Crippen LogP contribution < -0.4 is 0 Å². The minimum Gasteiger partial charge on any atom is -0.390 e. The van der Waals surface area contributed by atoms with Gasteiger partial charge in [-0.15, -0.1) is 0 Å². The lowest BCUT2D eigenvalue weighted by molar-refractivity contribution is -0.0360. The molecule has 1 N–H and O–H groups in total. The van der Waals surface area contributed by atoms with Crippen molar-refractivity contribution in [2.45, 2.75) is 39.1 Å². The Morgan fingerprint density at radius 2 is 1.93 bits per heavy atom. The highest BCUT2D eigenvalue weighted by Crippen LogP contribution is 2.07. The second-order valence-corrected chi connectivity index (χ2v) is 3.48. The number of hydrogen-bond acceptors (Lipinski definition) is 2. The Bertz CT molecular complexity index is 246. The van der Waals surface area contributed by atoms with Crippen molar-refractivity contribution in [1.29, 1.82) is 0 Å². The highest BCUT2D eigenvalue weighted by molar-refractivity contribution is 5.13. The predicted molar refractivity (Wildman–Crippen MR) is 57.0 cm³/mol. The first-order valence-electron chi connectivity index (χ1n) is 5.07. The van der Waals surface area contributed by atoms with Gasteiger partial charge in [-0.05, 0) is 18.9 Å². The molecule has 14 heavy (non-hydrogen) atoms. The van der Waals surface area contributed by atoms with Crippen molar-refractivity contribution >= 4 is 0 Å². The largest absolute Gasteiger partial charge is 0.390 e. The summed E-state index contributed by atoms with van der Waals surface area (Å²) < 4.78 is 5.53. The van der Waals surface area contributed by atoms with Crippen molar-refractivity contribution in [2.24, 2.45) is 0 Å². The summed E-state index contributed by atoms with van der Waals surface area (Å²) >= 11 is 0. The Balaban J connectivity index is 2.34. The third-order valence-corrected chi connectivity index (χ3v) is 2.32. The molecule has 0 heterocycles. The monoisotopic (exact) mass is 194 g/mol. The summed E-state index contributed by atoms with van der Waals surface area (Å²) in [4.78, 5) is 0. The molecule has 0 saturated carbocycles. The highest BCUT2D eigenvalue weighted by atomic mass is 16.5. The van der Waals surface area contributed by atoms with Crippen LogP contribution in [0.2, 0.25) is 0 Å². The van der Waals surface area contributed by atoms with Crippen LogP contribution in [-0.2, 0) is 11.3 Å². The molecular weight excluding hydrogens is 176 g/mol. The van der Waals surface area contributed by atoms with Crippen molar-refractivity contribution in [1.82, 2.24) is 0 Å². The van der Waals surface area contributed by atoms with E-state index in [2.05, 4.69) is 0 Å². The van der Waals surface area contributed by atoms with E-state index in [0.29, 0.717) is 6.61 Å². The van der Waals surface area contributed by atoms with Gasteiger partial charge in [-0.1, -0.05) is 37.3 Å². The number of aliphatic hydroxyl groups is 1. The molecule has 0 aromatic heterocycles. The third kappa shape index (κ3) is 3.48. The van der Waals surface area contributed by atoms with Gasteiger partial charge < -0.3 is 9.84 Å². The van der Waals surface area contributed by atoms with Crippen molar-refractivity contribution < 1.29 is 9.84 Å². The predicted octanol–water partition coefficient (Wildman–Crippen LogP) is 2.36. The lowest BCUT2D eigenvalue weighted by Crippen LogP contribution is -2.24. The highest BCUT2D eigenvalue weighted by Gasteiger charge is 2.11. The van der Waals surface area contributed by atoms with Crippen LogP contribution in [-0.4, -0.2) is 17.3 Å². The van der Waals surface area contributed by atoms with Crippen molar-refractivity contribution in [2.75, 3.05) is 0 Å². The fraction of sp³-hybridized carbons (Fsp3) is 0.500. The maximum Gasteiger partial charge on any atom is 0.0810 e. The quantitative estimate of drug-likeness (QED) is 0.779. The summed E-state index contributed by atoms with van der Waals surface area (Å²) in [7, 11) is 0. The first-order chi connectivity index (χ1) is 6.74. The summed E-state index contributed by atoms with van der Waals surface area (Å²) in [5.41, 5.74) is 1.14. The van der Waals surface area contributed by atoms with Crippen LogP contribution in [0.3, 0.4) is 0 Å². The zero-order valence-corrected chi connectivity index (χ0v) is 8.81. The number of rotatable bonds is 5. The van der Waals surface area contributed by atoms with Crippen molar-refractivity contribution in [3.05, 3.63) is 35.9 Å². The zero-order valence-electron chi connectivity index (χ0n) is 8.81. The summed E-state index contributed by atoms with van der Waals surface area (Å²) in [5, 5.41) is 9.48. The topological polar surface area (TPSA) is 29.5 Å². The van der Waals surface area contributed by atoms with Crippen LogP contribution in [0.4, 0.5) is 0 Å². The molecule has 2 nitrogen and oxygen atoms in total. The molecule has 0 saturated heterocycles. The van der Waals surface area contributed by atoms with Crippen LogP contribution in [0.5, 0.6) is 0 Å². The SMILES string of the molecule is CCC(O)[C@H](C)OCc1ccccc1. The molecule has 0 radical (unpaired) electrons. The van der Waals surface area contributed by atoms with Gasteiger partial charge >= 0.3 is 0 Å². The van der Waals surface area contributed by atoms with E-state index in [1.54, 1.807) is 0 Å². The Kier molecular flexibility index (Phi) is 4.63. The zero-order chi connectivity index (χ0) is 10.4. The minimum absolute atomic E-state index is 0.0970. The molecule has 0 aliphatic heterocycles. The Morgan fingerprint density at radius 1 is 1.29 bits per heavy atom. The third-order valence-electron chi connectivity index (χ3n) is 2.32. The van der Waals surface area contributed by atoms with Gasteiger partial charge in [0.1, 0.15) is 0 Å². The van der Waals surface area contributed by atoms with Crippen LogP contribution in [0.15, 0.2) is 30.3 Å². The van der Waals surface area contributed by atoms with Crippen molar-refractivity contribution in [3.63, 3.8) is 0 Å². The average Bonchev–Trinajstić information content (AvgIpc) is 2.26. The van der Waals surface area contributed by atoms with E-state index >= 15 is 0 Å². The fourth-order valence-electron chi connectivity index (χ4n) is 1.24. The maximum atomic E-state index is 9.48. The Labute approximate surface area is 85.5 Å². The molecule has 0 aliphatic carbocycles.